The van der Waals surface area contributed by atoms with Crippen LogP contribution in [0.25, 0.3) is 72.3 Å². The maximum absolute atomic E-state index is 6.18. The van der Waals surface area contributed by atoms with Gasteiger partial charge in [-0.15, -0.1) is 11.3 Å². The highest BCUT2D eigenvalue weighted by atomic mass is 32.1. The lowest BCUT2D eigenvalue weighted by Gasteiger charge is -2.10. The molecule has 3 heterocycles. The number of hydrogen-bond donors (Lipinski definition) is 0. The molecule has 0 N–H and O–H groups in total. The van der Waals surface area contributed by atoms with Gasteiger partial charge in [-0.05, 0) is 42.7 Å². The summed E-state index contributed by atoms with van der Waals surface area (Å²) in [6, 6.07) is 30.9. The summed E-state index contributed by atoms with van der Waals surface area (Å²) < 4.78 is 7.45. The molecular weight excluding hydrogens is 486 g/mol. The Kier molecular flexibility index (Phi) is 4.79. The number of aromatic nitrogens is 3. The molecule has 0 saturated carbocycles. The zero-order valence-electron chi connectivity index (χ0n) is 20.4. The van der Waals surface area contributed by atoms with E-state index >= 15 is 0 Å². The second-order valence-corrected chi connectivity index (χ2v) is 10.7. The first-order valence-corrected chi connectivity index (χ1v) is 13.6. The number of para-hydroxylation sites is 1. The van der Waals surface area contributed by atoms with E-state index in [-0.39, 0.29) is 0 Å². The van der Waals surface area contributed by atoms with Crippen molar-refractivity contribution in [2.45, 2.75) is 12.8 Å². The van der Waals surface area contributed by atoms with Crippen molar-refractivity contribution in [2.24, 2.45) is 0 Å². The zero-order valence-corrected chi connectivity index (χ0v) is 21.2. The Balaban J connectivity index is 1.37. The number of fused-ring (bicyclic) bond motifs is 6. The van der Waals surface area contributed by atoms with Crippen LogP contribution in [0.2, 0.25) is 0 Å². The van der Waals surface area contributed by atoms with Crippen LogP contribution in [0.15, 0.2) is 101 Å². The summed E-state index contributed by atoms with van der Waals surface area (Å²) in [7, 11) is 0. The summed E-state index contributed by atoms with van der Waals surface area (Å²) in [5, 5.41) is 3.42. The van der Waals surface area contributed by atoms with Crippen LogP contribution < -0.4 is 0 Å². The SMILES string of the molecule is C1=Cc2c(sc3cccc(-c4nc(-c5ccccc5)nc(-c5ccc6c(c5)oc5ccccc56)n4)c23)CC1. The number of benzene rings is 4. The van der Waals surface area contributed by atoms with Crippen molar-refractivity contribution in [3.8, 4) is 34.2 Å². The molecule has 7 aromatic rings. The molecule has 4 aromatic carbocycles. The Bertz CT molecular complexity index is 2030. The highest BCUT2D eigenvalue weighted by molar-refractivity contribution is 7.19. The maximum atomic E-state index is 6.18. The third-order valence-corrected chi connectivity index (χ3v) is 8.43. The average molecular weight is 508 g/mol. The number of thiophene rings is 1. The highest BCUT2D eigenvalue weighted by Crippen LogP contribution is 2.41. The third kappa shape index (κ3) is 3.40. The molecule has 5 heteroatoms. The third-order valence-electron chi connectivity index (χ3n) is 7.20. The summed E-state index contributed by atoms with van der Waals surface area (Å²) in [5.41, 5.74) is 5.91. The molecule has 0 atom stereocenters. The first-order valence-electron chi connectivity index (χ1n) is 12.8. The number of furan rings is 1. The first kappa shape index (κ1) is 21.5. The van der Waals surface area contributed by atoms with E-state index in [1.165, 1.54) is 20.5 Å². The van der Waals surface area contributed by atoms with Gasteiger partial charge >= 0.3 is 0 Å². The van der Waals surface area contributed by atoms with Gasteiger partial charge in [0.15, 0.2) is 17.5 Å². The van der Waals surface area contributed by atoms with Gasteiger partial charge in [-0.25, -0.2) is 15.0 Å². The smallest absolute Gasteiger partial charge is 0.164 e. The predicted molar refractivity (Wildman–Crippen MR) is 156 cm³/mol. The molecule has 3 aromatic heterocycles. The molecule has 0 unspecified atom stereocenters. The van der Waals surface area contributed by atoms with Crippen molar-refractivity contribution < 1.29 is 4.42 Å². The van der Waals surface area contributed by atoms with Gasteiger partial charge in [0.2, 0.25) is 0 Å². The van der Waals surface area contributed by atoms with Gasteiger partial charge in [-0.3, -0.25) is 0 Å². The molecule has 0 bridgehead atoms. The fourth-order valence-electron chi connectivity index (χ4n) is 5.39. The molecule has 0 fully saturated rings. The molecule has 4 nitrogen and oxygen atoms in total. The van der Waals surface area contributed by atoms with E-state index in [1.807, 2.05) is 65.9 Å². The minimum Gasteiger partial charge on any atom is -0.456 e. The second kappa shape index (κ2) is 8.47. The lowest BCUT2D eigenvalue weighted by atomic mass is 9.99. The van der Waals surface area contributed by atoms with Crippen molar-refractivity contribution in [1.29, 1.82) is 0 Å². The van der Waals surface area contributed by atoms with Crippen LogP contribution in [0.1, 0.15) is 16.9 Å². The quantitative estimate of drug-likeness (QED) is 0.239. The largest absolute Gasteiger partial charge is 0.456 e. The number of nitrogens with zero attached hydrogens (tertiary/aromatic N) is 3. The predicted octanol–water partition coefficient (Wildman–Crippen LogP) is 8.95. The van der Waals surface area contributed by atoms with Crippen molar-refractivity contribution >= 4 is 49.4 Å². The summed E-state index contributed by atoms with van der Waals surface area (Å²) in [6.45, 7) is 0. The monoisotopic (exact) mass is 507 g/mol. The van der Waals surface area contributed by atoms with Crippen molar-refractivity contribution in [1.82, 2.24) is 15.0 Å². The van der Waals surface area contributed by atoms with Gasteiger partial charge in [0.25, 0.3) is 0 Å². The van der Waals surface area contributed by atoms with Gasteiger partial charge in [-0.1, -0.05) is 78.9 Å². The van der Waals surface area contributed by atoms with Crippen LogP contribution in [0, 0.1) is 0 Å². The molecule has 8 rings (SSSR count). The summed E-state index contributed by atoms with van der Waals surface area (Å²) in [6.07, 6.45) is 6.70. The Morgan fingerprint density at radius 1 is 0.658 bits per heavy atom. The van der Waals surface area contributed by atoms with E-state index in [0.717, 1.165) is 51.5 Å². The average Bonchev–Trinajstić information content (AvgIpc) is 3.55. The fraction of sp³-hybridized carbons (Fsp3) is 0.0606. The lowest BCUT2D eigenvalue weighted by molar-refractivity contribution is 0.669. The van der Waals surface area contributed by atoms with Gasteiger partial charge in [0.1, 0.15) is 11.2 Å². The zero-order chi connectivity index (χ0) is 25.1. The van der Waals surface area contributed by atoms with E-state index in [4.69, 9.17) is 19.4 Å². The fourth-order valence-corrected chi connectivity index (χ4v) is 6.63. The Hall–Kier alpha value is -4.61. The standard InChI is InChI=1S/C33H21N3OS/c1-2-9-20(10-3-1)31-34-32(21-17-18-23-22-11-4-6-14-26(22)37-27(23)19-21)36-33(35-31)25-13-8-16-29-30(25)24-12-5-7-15-28(24)38-29/h1-6,8-14,16-19H,7,15H2. The number of aryl methyl sites for hydroxylation is 1. The summed E-state index contributed by atoms with van der Waals surface area (Å²) in [5.74, 6) is 1.98. The molecule has 1 aliphatic rings. The van der Waals surface area contributed by atoms with E-state index < -0.39 is 0 Å². The van der Waals surface area contributed by atoms with Gasteiger partial charge in [0.05, 0.1) is 0 Å². The molecule has 0 aliphatic heterocycles. The molecule has 0 spiro atoms. The topological polar surface area (TPSA) is 51.8 Å². The number of hydrogen-bond acceptors (Lipinski definition) is 5. The van der Waals surface area contributed by atoms with E-state index in [2.05, 4.69) is 48.6 Å². The van der Waals surface area contributed by atoms with Gasteiger partial charge in [-0.2, -0.15) is 0 Å². The molecule has 38 heavy (non-hydrogen) atoms. The Morgan fingerprint density at radius 2 is 1.45 bits per heavy atom. The van der Waals surface area contributed by atoms with Crippen LogP contribution in [0.5, 0.6) is 0 Å². The molecule has 0 radical (unpaired) electrons. The summed E-state index contributed by atoms with van der Waals surface area (Å²) in [4.78, 5) is 16.4. The molecular formula is C33H21N3OS. The van der Waals surface area contributed by atoms with Crippen LogP contribution in [-0.2, 0) is 6.42 Å². The minimum absolute atomic E-state index is 0.632. The van der Waals surface area contributed by atoms with E-state index in [1.54, 1.807) is 0 Å². The van der Waals surface area contributed by atoms with Gasteiger partial charge < -0.3 is 4.42 Å². The molecule has 0 amide bonds. The van der Waals surface area contributed by atoms with E-state index in [0.29, 0.717) is 17.5 Å². The summed E-state index contributed by atoms with van der Waals surface area (Å²) >= 11 is 1.88. The van der Waals surface area contributed by atoms with Crippen LogP contribution >= 0.6 is 11.3 Å². The highest BCUT2D eigenvalue weighted by Gasteiger charge is 2.20. The lowest BCUT2D eigenvalue weighted by Crippen LogP contribution is -2.00. The molecule has 1 aliphatic carbocycles. The second-order valence-electron chi connectivity index (χ2n) is 9.54. The van der Waals surface area contributed by atoms with E-state index in [9.17, 15) is 0 Å². The molecule has 0 saturated heterocycles. The maximum Gasteiger partial charge on any atom is 0.164 e. The number of rotatable bonds is 3. The molecule has 180 valence electrons. The number of allylic oxidation sites excluding steroid dienone is 1. The minimum atomic E-state index is 0.632. The van der Waals surface area contributed by atoms with Crippen molar-refractivity contribution in [2.75, 3.05) is 0 Å². The Morgan fingerprint density at radius 3 is 2.37 bits per heavy atom. The van der Waals surface area contributed by atoms with Crippen LogP contribution in [-0.4, -0.2) is 15.0 Å². The van der Waals surface area contributed by atoms with Crippen LogP contribution in [0.4, 0.5) is 0 Å². The van der Waals surface area contributed by atoms with Crippen molar-refractivity contribution in [3.63, 3.8) is 0 Å². The van der Waals surface area contributed by atoms with Crippen molar-refractivity contribution in [3.05, 3.63) is 108 Å². The van der Waals surface area contributed by atoms with Gasteiger partial charge in [0, 0.05) is 42.4 Å². The Labute approximate surface area is 223 Å². The normalized spacial score (nSPS) is 12.9. The first-order chi connectivity index (χ1) is 18.8. The van der Waals surface area contributed by atoms with Crippen LogP contribution in [0.3, 0.4) is 0 Å².